The topological polar surface area (TPSA) is 51.0 Å². The van der Waals surface area contributed by atoms with Gasteiger partial charge in [-0.3, -0.25) is 0 Å². The number of hydrogen-bond donors (Lipinski definition) is 2. The highest BCUT2D eigenvalue weighted by Gasteiger charge is 2.04. The lowest BCUT2D eigenvalue weighted by Crippen LogP contribution is -1.99. The number of H-pyrrole nitrogens is 1. The molecule has 0 aliphatic rings. The van der Waals surface area contributed by atoms with Crippen molar-refractivity contribution in [2.24, 2.45) is 5.73 Å². The van der Waals surface area contributed by atoms with E-state index in [1.165, 1.54) is 10.9 Å². The van der Waals surface area contributed by atoms with Gasteiger partial charge >= 0.3 is 0 Å². The van der Waals surface area contributed by atoms with Crippen molar-refractivity contribution in [2.45, 2.75) is 19.8 Å². The van der Waals surface area contributed by atoms with Crippen LogP contribution in [0.4, 0.5) is 0 Å². The van der Waals surface area contributed by atoms with E-state index in [1.54, 1.807) is 0 Å². The second kappa shape index (κ2) is 5.03. The minimum Gasteiger partial charge on any atom is -0.494 e. The molecule has 1 heterocycles. The number of aromatic amines is 1. The average molecular weight is 218 g/mol. The van der Waals surface area contributed by atoms with Crippen LogP contribution >= 0.6 is 0 Å². The van der Waals surface area contributed by atoms with Crippen molar-refractivity contribution in [2.75, 3.05) is 13.2 Å². The molecule has 0 aliphatic heterocycles. The van der Waals surface area contributed by atoms with Crippen molar-refractivity contribution >= 4 is 10.9 Å². The van der Waals surface area contributed by atoms with Gasteiger partial charge in [0.1, 0.15) is 5.75 Å². The summed E-state index contributed by atoms with van der Waals surface area (Å²) >= 11 is 0. The number of ether oxygens (including phenoxy) is 1. The Kier molecular flexibility index (Phi) is 3.47. The van der Waals surface area contributed by atoms with Gasteiger partial charge in [-0.15, -0.1) is 0 Å². The summed E-state index contributed by atoms with van der Waals surface area (Å²) in [5, 5.41) is 1.25. The highest BCUT2D eigenvalue weighted by molar-refractivity contribution is 5.84. The first kappa shape index (κ1) is 11.0. The molecule has 86 valence electrons. The van der Waals surface area contributed by atoms with Crippen molar-refractivity contribution in [1.29, 1.82) is 0 Å². The molecule has 3 N–H and O–H groups in total. The van der Waals surface area contributed by atoms with Crippen LogP contribution in [-0.4, -0.2) is 18.1 Å². The van der Waals surface area contributed by atoms with Crippen LogP contribution in [0.3, 0.4) is 0 Å². The molecular weight excluding hydrogens is 200 g/mol. The molecule has 16 heavy (non-hydrogen) atoms. The maximum Gasteiger partial charge on any atom is 0.120 e. The minimum absolute atomic E-state index is 0.702. The van der Waals surface area contributed by atoms with Crippen LogP contribution in [0.5, 0.6) is 5.75 Å². The molecule has 0 spiro atoms. The van der Waals surface area contributed by atoms with Crippen LogP contribution in [-0.2, 0) is 6.42 Å². The molecular formula is C13H18N2O. The quantitative estimate of drug-likeness (QED) is 0.810. The van der Waals surface area contributed by atoms with Gasteiger partial charge in [0, 0.05) is 17.1 Å². The van der Waals surface area contributed by atoms with Gasteiger partial charge in [0.15, 0.2) is 0 Å². The normalized spacial score (nSPS) is 10.9. The van der Waals surface area contributed by atoms with Gasteiger partial charge in [0.25, 0.3) is 0 Å². The molecule has 0 unspecified atom stereocenters. The smallest absolute Gasteiger partial charge is 0.120 e. The van der Waals surface area contributed by atoms with Crippen LogP contribution in [0, 0.1) is 0 Å². The molecule has 2 rings (SSSR count). The zero-order valence-corrected chi connectivity index (χ0v) is 9.62. The van der Waals surface area contributed by atoms with Gasteiger partial charge in [-0.05, 0) is 50.1 Å². The van der Waals surface area contributed by atoms with Crippen LogP contribution in [0.2, 0.25) is 0 Å². The number of hydrogen-bond acceptors (Lipinski definition) is 2. The van der Waals surface area contributed by atoms with Gasteiger partial charge in [-0.2, -0.15) is 0 Å². The lowest BCUT2D eigenvalue weighted by atomic mass is 10.1. The fourth-order valence-corrected chi connectivity index (χ4v) is 1.91. The van der Waals surface area contributed by atoms with Crippen molar-refractivity contribution < 1.29 is 4.74 Å². The maximum atomic E-state index is 5.53. The average Bonchev–Trinajstić information content (AvgIpc) is 2.69. The van der Waals surface area contributed by atoms with E-state index in [4.69, 9.17) is 10.5 Å². The van der Waals surface area contributed by atoms with E-state index in [0.717, 1.165) is 30.7 Å². The van der Waals surface area contributed by atoms with E-state index in [9.17, 15) is 0 Å². The van der Waals surface area contributed by atoms with Crippen LogP contribution in [0.15, 0.2) is 24.4 Å². The van der Waals surface area contributed by atoms with Gasteiger partial charge in [-0.25, -0.2) is 0 Å². The Bertz CT molecular complexity index is 462. The van der Waals surface area contributed by atoms with E-state index in [0.29, 0.717) is 6.61 Å². The number of fused-ring (bicyclic) bond motifs is 1. The predicted octanol–water partition coefficient (Wildman–Crippen LogP) is 2.46. The highest BCUT2D eigenvalue weighted by atomic mass is 16.5. The summed E-state index contributed by atoms with van der Waals surface area (Å²) in [6.07, 6.45) is 4.11. The molecule has 0 atom stereocenters. The Labute approximate surface area is 95.6 Å². The molecule has 1 aromatic heterocycles. The molecule has 0 saturated carbocycles. The summed E-state index contributed by atoms with van der Waals surface area (Å²) in [6, 6.07) is 6.16. The van der Waals surface area contributed by atoms with Gasteiger partial charge < -0.3 is 15.5 Å². The Hall–Kier alpha value is -1.48. The van der Waals surface area contributed by atoms with E-state index in [1.807, 2.05) is 13.0 Å². The van der Waals surface area contributed by atoms with E-state index < -0.39 is 0 Å². The van der Waals surface area contributed by atoms with Gasteiger partial charge in [0.2, 0.25) is 0 Å². The molecule has 2 aromatic rings. The Morgan fingerprint density at radius 1 is 1.38 bits per heavy atom. The van der Waals surface area contributed by atoms with Crippen molar-refractivity contribution in [3.8, 4) is 5.75 Å². The predicted molar refractivity (Wildman–Crippen MR) is 66.8 cm³/mol. The third-order valence-electron chi connectivity index (χ3n) is 2.70. The molecule has 0 aliphatic carbocycles. The molecule has 0 saturated heterocycles. The number of rotatable bonds is 5. The number of benzene rings is 1. The number of aromatic nitrogens is 1. The van der Waals surface area contributed by atoms with Crippen LogP contribution in [0.1, 0.15) is 18.9 Å². The van der Waals surface area contributed by atoms with E-state index in [2.05, 4.69) is 23.3 Å². The van der Waals surface area contributed by atoms with Crippen molar-refractivity contribution in [1.82, 2.24) is 4.98 Å². The second-order valence-corrected chi connectivity index (χ2v) is 3.85. The summed E-state index contributed by atoms with van der Waals surface area (Å²) in [6.45, 7) is 3.43. The van der Waals surface area contributed by atoms with Crippen LogP contribution in [0.25, 0.3) is 10.9 Å². The second-order valence-electron chi connectivity index (χ2n) is 3.85. The summed E-state index contributed by atoms with van der Waals surface area (Å²) in [4.78, 5) is 3.27. The first-order chi connectivity index (χ1) is 7.85. The number of aryl methyl sites for hydroxylation is 1. The Balaban J connectivity index is 2.31. The van der Waals surface area contributed by atoms with Crippen molar-refractivity contribution in [3.63, 3.8) is 0 Å². The fraction of sp³-hybridized carbons (Fsp3) is 0.385. The number of nitrogens with one attached hydrogen (secondary N) is 1. The third-order valence-corrected chi connectivity index (χ3v) is 2.70. The summed E-state index contributed by atoms with van der Waals surface area (Å²) in [5.74, 6) is 0.934. The Morgan fingerprint density at radius 2 is 2.25 bits per heavy atom. The van der Waals surface area contributed by atoms with E-state index in [-0.39, 0.29) is 0 Å². The standard InChI is InChI=1S/C13H18N2O/c1-2-16-11-5-6-13-12(8-11)10(9-15-13)4-3-7-14/h5-6,8-9,15H,2-4,7,14H2,1H3. The lowest BCUT2D eigenvalue weighted by Gasteiger charge is -2.03. The monoisotopic (exact) mass is 218 g/mol. The first-order valence-electron chi connectivity index (χ1n) is 5.78. The van der Waals surface area contributed by atoms with Gasteiger partial charge in [0.05, 0.1) is 6.61 Å². The third kappa shape index (κ3) is 2.19. The lowest BCUT2D eigenvalue weighted by molar-refractivity contribution is 0.340. The molecule has 0 fully saturated rings. The summed E-state index contributed by atoms with van der Waals surface area (Å²) in [5.41, 5.74) is 8.02. The van der Waals surface area contributed by atoms with Crippen LogP contribution < -0.4 is 10.5 Å². The zero-order valence-electron chi connectivity index (χ0n) is 9.62. The molecule has 1 aromatic carbocycles. The summed E-state index contributed by atoms with van der Waals surface area (Å²) < 4.78 is 5.50. The molecule has 0 radical (unpaired) electrons. The highest BCUT2D eigenvalue weighted by Crippen LogP contribution is 2.24. The maximum absolute atomic E-state index is 5.53. The van der Waals surface area contributed by atoms with Gasteiger partial charge in [-0.1, -0.05) is 0 Å². The van der Waals surface area contributed by atoms with Crippen molar-refractivity contribution in [3.05, 3.63) is 30.0 Å². The largest absolute Gasteiger partial charge is 0.494 e. The molecule has 3 nitrogen and oxygen atoms in total. The van der Waals surface area contributed by atoms with E-state index >= 15 is 0 Å². The fourth-order valence-electron chi connectivity index (χ4n) is 1.91. The molecule has 0 amide bonds. The first-order valence-corrected chi connectivity index (χ1v) is 5.78. The minimum atomic E-state index is 0.702. The summed E-state index contributed by atoms with van der Waals surface area (Å²) in [7, 11) is 0. The SMILES string of the molecule is CCOc1ccc2[nH]cc(CCCN)c2c1. The zero-order chi connectivity index (χ0) is 11.4. The molecule has 0 bridgehead atoms. The number of nitrogens with two attached hydrogens (primary N) is 1. The Morgan fingerprint density at radius 3 is 3.00 bits per heavy atom. The molecule has 3 heteroatoms.